The summed E-state index contributed by atoms with van der Waals surface area (Å²) in [5.41, 5.74) is 3.53. The third-order valence-electron chi connectivity index (χ3n) is 5.53. The van der Waals surface area contributed by atoms with Crippen molar-refractivity contribution in [3.8, 4) is 11.6 Å². The highest BCUT2D eigenvalue weighted by atomic mass is 16.3. The van der Waals surface area contributed by atoms with Crippen LogP contribution in [0.15, 0.2) is 41.3 Å². The Labute approximate surface area is 183 Å². The molecule has 1 aliphatic rings. The molecule has 2 N–H and O–H groups in total. The number of carbonyl (C=O) groups excluding carboxylic acids is 1. The molecular weight excluding hydrogens is 410 g/mol. The van der Waals surface area contributed by atoms with Gasteiger partial charge in [0.05, 0.1) is 41.3 Å². The SMILES string of the molecule is Cc1nccc(-c2nc(CC(=O)Nc3cc4c(cnn4C)cc3N3CC[C@H](O)C3)co2)n1. The first-order valence-electron chi connectivity index (χ1n) is 10.4. The summed E-state index contributed by atoms with van der Waals surface area (Å²) < 4.78 is 7.27. The summed E-state index contributed by atoms with van der Waals surface area (Å²) in [5, 5.41) is 18.3. The van der Waals surface area contributed by atoms with Crippen molar-refractivity contribution < 1.29 is 14.3 Å². The van der Waals surface area contributed by atoms with E-state index >= 15 is 0 Å². The molecule has 4 heterocycles. The maximum atomic E-state index is 12.9. The molecule has 0 unspecified atom stereocenters. The topological polar surface area (TPSA) is 122 Å². The van der Waals surface area contributed by atoms with Gasteiger partial charge in [0, 0.05) is 31.7 Å². The van der Waals surface area contributed by atoms with Gasteiger partial charge in [-0.2, -0.15) is 5.10 Å². The number of hydrogen-bond acceptors (Lipinski definition) is 8. The number of aliphatic hydroxyl groups is 1. The average Bonchev–Trinajstić information content (AvgIpc) is 3.49. The first-order valence-corrected chi connectivity index (χ1v) is 10.4. The van der Waals surface area contributed by atoms with Gasteiger partial charge in [0.25, 0.3) is 0 Å². The number of nitrogens with one attached hydrogen (secondary N) is 1. The molecule has 32 heavy (non-hydrogen) atoms. The highest BCUT2D eigenvalue weighted by molar-refractivity contribution is 5.99. The zero-order chi connectivity index (χ0) is 22.2. The van der Waals surface area contributed by atoms with Crippen molar-refractivity contribution in [1.82, 2.24) is 24.7 Å². The summed E-state index contributed by atoms with van der Waals surface area (Å²) in [7, 11) is 1.86. The molecule has 0 spiro atoms. The Bertz CT molecular complexity index is 1300. The molecule has 0 bridgehead atoms. The number of nitrogens with zero attached hydrogens (tertiary/aromatic N) is 6. The van der Waals surface area contributed by atoms with Crippen molar-refractivity contribution in [2.75, 3.05) is 23.3 Å². The van der Waals surface area contributed by atoms with Crippen LogP contribution < -0.4 is 10.2 Å². The average molecular weight is 433 g/mol. The number of carbonyl (C=O) groups is 1. The molecule has 0 aliphatic carbocycles. The molecule has 0 saturated carbocycles. The standard InChI is InChI=1S/C22H23N7O3/c1-13-23-5-3-17(25-13)22-26-15(12-32-22)8-21(31)27-18-9-19-14(10-24-28(19)2)7-20(18)29-6-4-16(30)11-29/h3,5,7,9-10,12,16,30H,4,6,8,11H2,1-2H3,(H,27,31)/t16-/m0/s1. The number of aromatic nitrogens is 5. The largest absolute Gasteiger partial charge is 0.443 e. The van der Waals surface area contributed by atoms with Crippen molar-refractivity contribution >= 4 is 28.2 Å². The van der Waals surface area contributed by atoms with Gasteiger partial charge in [-0.3, -0.25) is 9.48 Å². The minimum Gasteiger partial charge on any atom is -0.443 e. The fourth-order valence-corrected chi connectivity index (χ4v) is 3.95. The second-order valence-corrected chi connectivity index (χ2v) is 7.94. The van der Waals surface area contributed by atoms with E-state index in [1.54, 1.807) is 30.1 Å². The third-order valence-corrected chi connectivity index (χ3v) is 5.53. The van der Waals surface area contributed by atoms with Gasteiger partial charge in [-0.25, -0.2) is 15.0 Å². The number of hydrogen-bond donors (Lipinski definition) is 2. The summed E-state index contributed by atoms with van der Waals surface area (Å²) >= 11 is 0. The van der Waals surface area contributed by atoms with E-state index in [0.29, 0.717) is 41.8 Å². The van der Waals surface area contributed by atoms with E-state index in [-0.39, 0.29) is 18.4 Å². The molecule has 164 valence electrons. The zero-order valence-electron chi connectivity index (χ0n) is 17.8. The van der Waals surface area contributed by atoms with Crippen LogP contribution in [0.3, 0.4) is 0 Å². The number of anilines is 2. The molecule has 1 saturated heterocycles. The molecule has 1 amide bonds. The van der Waals surface area contributed by atoms with Crippen LogP contribution in [-0.2, 0) is 18.3 Å². The number of rotatable bonds is 5. The second kappa shape index (κ2) is 8.04. The van der Waals surface area contributed by atoms with Crippen molar-refractivity contribution in [2.45, 2.75) is 25.9 Å². The molecular formula is C22H23N7O3. The summed E-state index contributed by atoms with van der Waals surface area (Å²) in [4.78, 5) is 27.7. The smallest absolute Gasteiger partial charge is 0.245 e. The molecule has 5 rings (SSSR count). The van der Waals surface area contributed by atoms with Crippen molar-refractivity contribution in [3.63, 3.8) is 0 Å². The van der Waals surface area contributed by atoms with Gasteiger partial charge in [-0.1, -0.05) is 0 Å². The quantitative estimate of drug-likeness (QED) is 0.491. The van der Waals surface area contributed by atoms with E-state index in [1.807, 2.05) is 19.2 Å². The Morgan fingerprint density at radius 2 is 2.22 bits per heavy atom. The highest BCUT2D eigenvalue weighted by Gasteiger charge is 2.24. The van der Waals surface area contributed by atoms with Crippen LogP contribution in [0.2, 0.25) is 0 Å². The van der Waals surface area contributed by atoms with Gasteiger partial charge in [-0.05, 0) is 31.5 Å². The van der Waals surface area contributed by atoms with Gasteiger partial charge in [0.1, 0.15) is 17.8 Å². The van der Waals surface area contributed by atoms with E-state index in [2.05, 4.69) is 30.3 Å². The van der Waals surface area contributed by atoms with Crippen molar-refractivity contribution in [1.29, 1.82) is 0 Å². The van der Waals surface area contributed by atoms with Gasteiger partial charge < -0.3 is 19.7 Å². The highest BCUT2D eigenvalue weighted by Crippen LogP contribution is 2.33. The van der Waals surface area contributed by atoms with Crippen LogP contribution in [0.25, 0.3) is 22.5 Å². The van der Waals surface area contributed by atoms with E-state index in [4.69, 9.17) is 4.42 Å². The van der Waals surface area contributed by atoms with E-state index < -0.39 is 0 Å². The minimum absolute atomic E-state index is 0.0546. The molecule has 1 atom stereocenters. The zero-order valence-corrected chi connectivity index (χ0v) is 17.8. The number of aliphatic hydroxyl groups excluding tert-OH is 1. The first kappa shape index (κ1) is 20.1. The molecule has 4 aromatic rings. The number of oxazole rings is 1. The van der Waals surface area contributed by atoms with Gasteiger partial charge in [0.15, 0.2) is 0 Å². The lowest BCUT2D eigenvalue weighted by Gasteiger charge is -2.22. The van der Waals surface area contributed by atoms with Crippen LogP contribution in [0.4, 0.5) is 11.4 Å². The maximum Gasteiger partial charge on any atom is 0.245 e. The van der Waals surface area contributed by atoms with Crippen molar-refractivity contribution in [3.05, 3.63) is 48.4 Å². The molecule has 1 fully saturated rings. The number of fused-ring (bicyclic) bond motifs is 1. The van der Waals surface area contributed by atoms with E-state index in [0.717, 1.165) is 23.1 Å². The fraction of sp³-hybridized carbons (Fsp3) is 0.318. The lowest BCUT2D eigenvalue weighted by atomic mass is 10.1. The molecule has 3 aromatic heterocycles. The molecule has 10 nitrogen and oxygen atoms in total. The van der Waals surface area contributed by atoms with Crippen LogP contribution in [0, 0.1) is 6.92 Å². The van der Waals surface area contributed by atoms with Crippen LogP contribution >= 0.6 is 0 Å². The molecule has 1 aromatic carbocycles. The number of β-amino-alcohol motifs (C(OH)–C–C–N with tert-alkyl or cyclic N) is 1. The fourth-order valence-electron chi connectivity index (χ4n) is 3.95. The summed E-state index contributed by atoms with van der Waals surface area (Å²) in [6.07, 6.45) is 5.28. The van der Waals surface area contributed by atoms with Crippen LogP contribution in [-0.4, -0.2) is 54.9 Å². The number of amides is 1. The predicted octanol–water partition coefficient (Wildman–Crippen LogP) is 2.08. The van der Waals surface area contributed by atoms with E-state index in [1.165, 1.54) is 6.26 Å². The summed E-state index contributed by atoms with van der Waals surface area (Å²) in [6.45, 7) is 3.04. The Morgan fingerprint density at radius 3 is 3.00 bits per heavy atom. The molecule has 1 aliphatic heterocycles. The Balaban J connectivity index is 1.38. The Kier molecular flexibility index (Phi) is 5.06. The summed E-state index contributed by atoms with van der Waals surface area (Å²) in [6, 6.07) is 5.63. The van der Waals surface area contributed by atoms with E-state index in [9.17, 15) is 9.90 Å². The lowest BCUT2D eigenvalue weighted by Crippen LogP contribution is -2.24. The van der Waals surface area contributed by atoms with Gasteiger partial charge >= 0.3 is 0 Å². The molecule has 0 radical (unpaired) electrons. The predicted molar refractivity (Wildman–Crippen MR) is 118 cm³/mol. The van der Waals surface area contributed by atoms with Gasteiger partial charge in [0.2, 0.25) is 11.8 Å². The summed E-state index contributed by atoms with van der Waals surface area (Å²) in [5.74, 6) is 0.748. The van der Waals surface area contributed by atoms with Crippen LogP contribution in [0.5, 0.6) is 0 Å². The minimum atomic E-state index is -0.373. The van der Waals surface area contributed by atoms with Crippen LogP contribution in [0.1, 0.15) is 17.9 Å². The number of benzene rings is 1. The normalized spacial score (nSPS) is 16.1. The van der Waals surface area contributed by atoms with Gasteiger partial charge in [-0.15, -0.1) is 0 Å². The lowest BCUT2D eigenvalue weighted by molar-refractivity contribution is -0.115. The third kappa shape index (κ3) is 3.92. The Hall–Kier alpha value is -3.79. The maximum absolute atomic E-state index is 12.9. The first-order chi connectivity index (χ1) is 15.5. The van der Waals surface area contributed by atoms with Crippen molar-refractivity contribution in [2.24, 2.45) is 7.05 Å². The molecule has 10 heteroatoms. The number of aryl methyl sites for hydroxylation is 2. The second-order valence-electron chi connectivity index (χ2n) is 7.94. The monoisotopic (exact) mass is 433 g/mol. The Morgan fingerprint density at radius 1 is 1.34 bits per heavy atom.